The highest BCUT2D eigenvalue weighted by atomic mass is 35.5. The van der Waals surface area contributed by atoms with Crippen molar-refractivity contribution in [1.82, 2.24) is 10.3 Å². The van der Waals surface area contributed by atoms with Gasteiger partial charge >= 0.3 is 6.18 Å². The summed E-state index contributed by atoms with van der Waals surface area (Å²) in [5.41, 5.74) is 0.475. The molecule has 1 amide bonds. The fourth-order valence-electron chi connectivity index (χ4n) is 4.10. The Hall–Kier alpha value is -3.31. The fourth-order valence-corrected chi connectivity index (χ4v) is 4.27. The van der Waals surface area contributed by atoms with Gasteiger partial charge in [-0.05, 0) is 74.2 Å². The molecule has 0 spiro atoms. The normalized spacial score (nSPS) is 18.5. The lowest BCUT2D eigenvalue weighted by molar-refractivity contribution is -0.140. The first-order valence-corrected chi connectivity index (χ1v) is 10.9. The predicted molar refractivity (Wildman–Crippen MR) is 120 cm³/mol. The molecular weight excluding hydrogens is 453 g/mol. The van der Waals surface area contributed by atoms with E-state index < -0.39 is 11.9 Å². The lowest BCUT2D eigenvalue weighted by Crippen LogP contribution is -2.41. The van der Waals surface area contributed by atoms with Gasteiger partial charge in [0, 0.05) is 33.7 Å². The summed E-state index contributed by atoms with van der Waals surface area (Å²) in [6, 6.07) is 13.7. The highest BCUT2D eigenvalue weighted by Crippen LogP contribution is 2.35. The smallest absolute Gasteiger partial charge is 0.382 e. The molecule has 9 heteroatoms. The molecule has 1 fully saturated rings. The summed E-state index contributed by atoms with van der Waals surface area (Å²) in [6.45, 7) is 0. The van der Waals surface area contributed by atoms with Crippen molar-refractivity contribution < 1.29 is 18.0 Å². The average molecular weight is 473 g/mol. The molecule has 2 N–H and O–H groups in total. The molecule has 1 aromatic heterocycles. The Bertz CT molecular complexity index is 1220. The Kier molecular flexibility index (Phi) is 6.43. The van der Waals surface area contributed by atoms with Gasteiger partial charge in [0.2, 0.25) is 0 Å². The number of alkyl halides is 3. The van der Waals surface area contributed by atoms with Gasteiger partial charge in [0.1, 0.15) is 5.69 Å². The number of hydrogen-bond donors (Lipinski definition) is 2. The standard InChI is InChI=1S/C24H20ClF3N4O/c25-16-8-9-20-19(10-16)21(12-22(32-20)24(26,27)28)30-17-2-1-3-18(11-17)31-23(33)15-6-4-14(13-29)5-7-15/h4-10,12,17-18H,1-3,11H2,(H,30,32)(H,31,33)/t17-,18+/m0/s1. The molecule has 0 radical (unpaired) electrons. The molecule has 0 unspecified atom stereocenters. The number of rotatable bonds is 4. The lowest BCUT2D eigenvalue weighted by atomic mass is 9.90. The average Bonchev–Trinajstić information content (AvgIpc) is 2.79. The number of amides is 1. The number of carbonyl (C=O) groups excluding carboxylic acids is 1. The maximum atomic E-state index is 13.4. The number of nitrogens with zero attached hydrogens (tertiary/aromatic N) is 2. The summed E-state index contributed by atoms with van der Waals surface area (Å²) < 4.78 is 40.2. The number of fused-ring (bicyclic) bond motifs is 1. The van der Waals surface area contributed by atoms with Gasteiger partial charge in [-0.25, -0.2) is 4.98 Å². The van der Waals surface area contributed by atoms with Crippen LogP contribution in [0, 0.1) is 11.3 Å². The zero-order valence-electron chi connectivity index (χ0n) is 17.4. The van der Waals surface area contributed by atoms with E-state index in [-0.39, 0.29) is 23.5 Å². The predicted octanol–water partition coefficient (Wildman–Crippen LogP) is 5.93. The number of nitriles is 1. The Balaban J connectivity index is 1.51. The van der Waals surface area contributed by atoms with Crippen LogP contribution >= 0.6 is 11.6 Å². The first-order valence-electron chi connectivity index (χ1n) is 10.5. The first kappa shape index (κ1) is 22.9. The molecular formula is C24H20ClF3N4O. The summed E-state index contributed by atoms with van der Waals surface area (Å²) in [7, 11) is 0. The van der Waals surface area contributed by atoms with E-state index in [4.69, 9.17) is 16.9 Å². The maximum Gasteiger partial charge on any atom is 0.433 e. The fraction of sp³-hybridized carbons (Fsp3) is 0.292. The molecule has 2 atom stereocenters. The quantitative estimate of drug-likeness (QED) is 0.493. The molecule has 0 aliphatic heterocycles. The third-order valence-electron chi connectivity index (χ3n) is 5.71. The summed E-state index contributed by atoms with van der Waals surface area (Å²) >= 11 is 6.08. The van der Waals surface area contributed by atoms with Crippen LogP contribution in [0.1, 0.15) is 47.3 Å². The van der Waals surface area contributed by atoms with Gasteiger partial charge in [0.25, 0.3) is 5.91 Å². The van der Waals surface area contributed by atoms with Crippen molar-refractivity contribution in [3.63, 3.8) is 0 Å². The Morgan fingerprint density at radius 1 is 1.09 bits per heavy atom. The van der Waals surface area contributed by atoms with Crippen molar-refractivity contribution >= 4 is 34.1 Å². The van der Waals surface area contributed by atoms with Gasteiger partial charge in [0.15, 0.2) is 0 Å². The van der Waals surface area contributed by atoms with Crippen molar-refractivity contribution in [1.29, 1.82) is 5.26 Å². The van der Waals surface area contributed by atoms with Crippen LogP contribution in [0.4, 0.5) is 18.9 Å². The molecule has 1 aliphatic rings. The summed E-state index contributed by atoms with van der Waals surface area (Å²) in [5.74, 6) is -0.245. The van der Waals surface area contributed by atoms with Crippen LogP contribution in [0.2, 0.25) is 5.02 Å². The molecule has 1 aliphatic carbocycles. The van der Waals surface area contributed by atoms with Crippen molar-refractivity contribution in [3.8, 4) is 6.07 Å². The summed E-state index contributed by atoms with van der Waals surface area (Å²) in [5, 5.41) is 16.0. The second kappa shape index (κ2) is 9.28. The molecule has 3 aromatic rings. The van der Waals surface area contributed by atoms with Crippen LogP contribution in [-0.4, -0.2) is 23.0 Å². The molecule has 1 saturated carbocycles. The Morgan fingerprint density at radius 2 is 1.82 bits per heavy atom. The second-order valence-corrected chi connectivity index (χ2v) is 8.52. The van der Waals surface area contributed by atoms with Gasteiger partial charge in [-0.2, -0.15) is 18.4 Å². The number of hydrogen-bond acceptors (Lipinski definition) is 4. The van der Waals surface area contributed by atoms with Crippen molar-refractivity contribution in [2.45, 2.75) is 43.9 Å². The van der Waals surface area contributed by atoms with Crippen molar-refractivity contribution in [2.24, 2.45) is 0 Å². The molecule has 170 valence electrons. The molecule has 2 aromatic carbocycles. The minimum Gasteiger partial charge on any atom is -0.382 e. The second-order valence-electron chi connectivity index (χ2n) is 8.08. The zero-order chi connectivity index (χ0) is 23.6. The van der Waals surface area contributed by atoms with E-state index >= 15 is 0 Å². The minimum absolute atomic E-state index is 0.127. The lowest BCUT2D eigenvalue weighted by Gasteiger charge is -2.31. The van der Waals surface area contributed by atoms with Gasteiger partial charge in [-0.15, -0.1) is 0 Å². The topological polar surface area (TPSA) is 77.8 Å². The molecule has 4 rings (SSSR count). The van der Waals surface area contributed by atoms with Crippen LogP contribution in [0.25, 0.3) is 10.9 Å². The van der Waals surface area contributed by atoms with Crippen LogP contribution in [0.5, 0.6) is 0 Å². The van der Waals surface area contributed by atoms with Gasteiger partial charge in [0.05, 0.1) is 17.1 Å². The summed E-state index contributed by atoms with van der Waals surface area (Å²) in [6.07, 6.45) is -1.67. The number of benzene rings is 2. The number of pyridine rings is 1. The van der Waals surface area contributed by atoms with E-state index in [2.05, 4.69) is 15.6 Å². The summed E-state index contributed by atoms with van der Waals surface area (Å²) in [4.78, 5) is 16.3. The highest BCUT2D eigenvalue weighted by molar-refractivity contribution is 6.31. The number of anilines is 1. The minimum atomic E-state index is -4.57. The highest BCUT2D eigenvalue weighted by Gasteiger charge is 2.34. The Morgan fingerprint density at radius 3 is 2.52 bits per heavy atom. The van der Waals surface area contributed by atoms with E-state index in [9.17, 15) is 18.0 Å². The monoisotopic (exact) mass is 472 g/mol. The van der Waals surface area contributed by atoms with Crippen LogP contribution in [0.15, 0.2) is 48.5 Å². The zero-order valence-corrected chi connectivity index (χ0v) is 18.2. The largest absolute Gasteiger partial charge is 0.433 e. The SMILES string of the molecule is N#Cc1ccc(C(=O)N[C@@H]2CCC[C@H](Nc3cc(C(F)(F)F)nc4ccc(Cl)cc34)C2)cc1. The first-order chi connectivity index (χ1) is 15.7. The number of nitrogens with one attached hydrogen (secondary N) is 2. The van der Waals surface area contributed by atoms with Gasteiger partial charge < -0.3 is 10.6 Å². The molecule has 33 heavy (non-hydrogen) atoms. The Labute approximate surface area is 193 Å². The van der Waals surface area contributed by atoms with Crippen LogP contribution in [-0.2, 0) is 6.18 Å². The molecule has 0 saturated heterocycles. The van der Waals surface area contributed by atoms with Gasteiger partial charge in [-0.1, -0.05) is 11.6 Å². The number of halogens is 4. The van der Waals surface area contributed by atoms with Crippen LogP contribution < -0.4 is 10.6 Å². The number of aromatic nitrogens is 1. The van der Waals surface area contributed by atoms with Gasteiger partial charge in [-0.3, -0.25) is 4.79 Å². The van der Waals surface area contributed by atoms with E-state index in [1.54, 1.807) is 30.3 Å². The van der Waals surface area contributed by atoms with E-state index in [0.717, 1.165) is 25.3 Å². The maximum absolute atomic E-state index is 13.4. The van der Waals surface area contributed by atoms with Crippen molar-refractivity contribution in [3.05, 3.63) is 70.4 Å². The van der Waals surface area contributed by atoms with Crippen LogP contribution in [0.3, 0.4) is 0 Å². The van der Waals surface area contributed by atoms with Crippen molar-refractivity contribution in [2.75, 3.05) is 5.32 Å². The van der Waals surface area contributed by atoms with E-state index in [1.165, 1.54) is 12.1 Å². The third-order valence-corrected chi connectivity index (χ3v) is 5.94. The molecule has 1 heterocycles. The number of carbonyl (C=O) groups is 1. The van der Waals surface area contributed by atoms with E-state index in [0.29, 0.717) is 33.6 Å². The van der Waals surface area contributed by atoms with E-state index in [1.807, 2.05) is 6.07 Å². The third kappa shape index (κ3) is 5.37. The molecule has 5 nitrogen and oxygen atoms in total. The molecule has 0 bridgehead atoms.